The molecule has 2 amide bonds. The molecule has 0 aliphatic carbocycles. The summed E-state index contributed by atoms with van der Waals surface area (Å²) in [5.74, 6) is 0.235. The van der Waals surface area contributed by atoms with Gasteiger partial charge in [0.05, 0.1) is 0 Å². The predicted molar refractivity (Wildman–Crippen MR) is 83.0 cm³/mol. The van der Waals surface area contributed by atoms with Crippen LogP contribution < -0.4 is 0 Å². The van der Waals surface area contributed by atoms with Crippen LogP contribution in [0.5, 0.6) is 0 Å². The predicted octanol–water partition coefficient (Wildman–Crippen LogP) is 2.55. The molecule has 0 unspecified atom stereocenters. The van der Waals surface area contributed by atoms with E-state index in [1.807, 2.05) is 4.90 Å². The second-order valence-corrected chi connectivity index (χ2v) is 6.11. The molecule has 0 N–H and O–H groups in total. The van der Waals surface area contributed by atoms with E-state index in [-0.39, 0.29) is 17.6 Å². The Morgan fingerprint density at radius 2 is 1.59 bits per heavy atom. The first-order chi connectivity index (χ1) is 10.5. The van der Waals surface area contributed by atoms with Gasteiger partial charge in [-0.05, 0) is 36.6 Å². The van der Waals surface area contributed by atoms with Gasteiger partial charge in [0.15, 0.2) is 0 Å². The number of hydrogen-bond donors (Lipinski definition) is 0. The smallest absolute Gasteiger partial charge is 0.253 e. The van der Waals surface area contributed by atoms with Gasteiger partial charge in [-0.25, -0.2) is 4.39 Å². The number of carbonyl (C=O) groups is 2. The molecule has 5 heteroatoms. The van der Waals surface area contributed by atoms with E-state index in [0.29, 0.717) is 44.1 Å². The minimum atomic E-state index is -0.350. The lowest BCUT2D eigenvalue weighted by Gasteiger charge is -2.35. The van der Waals surface area contributed by atoms with E-state index in [0.717, 1.165) is 6.42 Å². The number of piperazine rings is 1. The Bertz CT molecular complexity index is 520. The van der Waals surface area contributed by atoms with Gasteiger partial charge in [0.25, 0.3) is 5.91 Å². The molecule has 0 bridgehead atoms. The molecule has 1 fully saturated rings. The van der Waals surface area contributed by atoms with Crippen LogP contribution in [0.1, 0.15) is 37.0 Å². The lowest BCUT2D eigenvalue weighted by molar-refractivity contribution is -0.132. The van der Waals surface area contributed by atoms with E-state index in [1.165, 1.54) is 24.3 Å². The number of hydrogen-bond acceptors (Lipinski definition) is 2. The highest BCUT2D eigenvalue weighted by Crippen LogP contribution is 2.12. The second-order valence-electron chi connectivity index (χ2n) is 6.11. The fraction of sp³-hybridized carbons (Fsp3) is 0.529. The van der Waals surface area contributed by atoms with Crippen molar-refractivity contribution >= 4 is 11.8 Å². The first-order valence-electron chi connectivity index (χ1n) is 7.80. The summed E-state index contributed by atoms with van der Waals surface area (Å²) >= 11 is 0. The van der Waals surface area contributed by atoms with E-state index < -0.39 is 0 Å². The minimum absolute atomic E-state index is 0.103. The van der Waals surface area contributed by atoms with E-state index in [2.05, 4.69) is 13.8 Å². The molecule has 22 heavy (non-hydrogen) atoms. The summed E-state index contributed by atoms with van der Waals surface area (Å²) < 4.78 is 12.9. The molecule has 1 aliphatic heterocycles. The molecule has 0 radical (unpaired) electrons. The van der Waals surface area contributed by atoms with E-state index >= 15 is 0 Å². The first-order valence-corrected chi connectivity index (χ1v) is 7.80. The van der Waals surface area contributed by atoms with E-state index in [1.54, 1.807) is 4.90 Å². The van der Waals surface area contributed by atoms with Crippen molar-refractivity contribution in [3.63, 3.8) is 0 Å². The molecule has 0 aromatic heterocycles. The highest BCUT2D eigenvalue weighted by Gasteiger charge is 2.24. The van der Waals surface area contributed by atoms with Crippen LogP contribution >= 0.6 is 0 Å². The van der Waals surface area contributed by atoms with Crippen LogP contribution in [0.25, 0.3) is 0 Å². The van der Waals surface area contributed by atoms with E-state index in [4.69, 9.17) is 0 Å². The number of amides is 2. The molecule has 4 nitrogen and oxygen atoms in total. The maximum absolute atomic E-state index is 12.9. The molecule has 0 atom stereocenters. The normalized spacial score (nSPS) is 15.3. The quantitative estimate of drug-likeness (QED) is 0.858. The number of benzene rings is 1. The molecule has 1 heterocycles. The third-order valence-corrected chi connectivity index (χ3v) is 3.95. The Morgan fingerprint density at radius 1 is 1.05 bits per heavy atom. The summed E-state index contributed by atoms with van der Waals surface area (Å²) in [6.45, 7) is 6.42. The zero-order valence-electron chi connectivity index (χ0n) is 13.2. The zero-order valence-corrected chi connectivity index (χ0v) is 13.2. The molecule has 1 aromatic carbocycles. The third-order valence-electron chi connectivity index (χ3n) is 3.95. The maximum atomic E-state index is 12.9. The molecule has 1 aromatic rings. The van der Waals surface area contributed by atoms with Gasteiger partial charge in [0, 0.05) is 38.2 Å². The van der Waals surface area contributed by atoms with Gasteiger partial charge in [-0.3, -0.25) is 9.59 Å². The van der Waals surface area contributed by atoms with Gasteiger partial charge in [-0.1, -0.05) is 13.8 Å². The summed E-state index contributed by atoms with van der Waals surface area (Å²) in [6, 6.07) is 5.58. The average Bonchev–Trinajstić information content (AvgIpc) is 2.53. The van der Waals surface area contributed by atoms with Crippen molar-refractivity contribution in [1.82, 2.24) is 9.80 Å². The maximum Gasteiger partial charge on any atom is 0.253 e. The second kappa shape index (κ2) is 7.38. The third kappa shape index (κ3) is 4.29. The average molecular weight is 306 g/mol. The number of carbonyl (C=O) groups excluding carboxylic acids is 2. The molecule has 120 valence electrons. The molecule has 0 spiro atoms. The summed E-state index contributed by atoms with van der Waals surface area (Å²) in [5.41, 5.74) is 0.487. The van der Waals surface area contributed by atoms with Crippen molar-refractivity contribution in [2.75, 3.05) is 26.2 Å². The summed E-state index contributed by atoms with van der Waals surface area (Å²) in [4.78, 5) is 27.9. The molecule has 2 rings (SSSR count). The van der Waals surface area contributed by atoms with Crippen LogP contribution in [0.2, 0.25) is 0 Å². The van der Waals surface area contributed by atoms with Crippen molar-refractivity contribution in [3.8, 4) is 0 Å². The summed E-state index contributed by atoms with van der Waals surface area (Å²) in [6.07, 6.45) is 1.47. The van der Waals surface area contributed by atoms with Crippen molar-refractivity contribution < 1.29 is 14.0 Å². The highest BCUT2D eigenvalue weighted by atomic mass is 19.1. The Balaban J connectivity index is 1.85. The monoisotopic (exact) mass is 306 g/mol. The fourth-order valence-corrected chi connectivity index (χ4v) is 2.50. The van der Waals surface area contributed by atoms with Crippen LogP contribution in [0.4, 0.5) is 4.39 Å². The zero-order chi connectivity index (χ0) is 16.1. The van der Waals surface area contributed by atoms with Crippen LogP contribution in [0.15, 0.2) is 24.3 Å². The Hall–Kier alpha value is -1.91. The van der Waals surface area contributed by atoms with Crippen LogP contribution in [-0.4, -0.2) is 47.8 Å². The highest BCUT2D eigenvalue weighted by molar-refractivity contribution is 5.94. The topological polar surface area (TPSA) is 40.6 Å². The van der Waals surface area contributed by atoms with Crippen LogP contribution in [0.3, 0.4) is 0 Å². The van der Waals surface area contributed by atoms with Crippen molar-refractivity contribution in [2.45, 2.75) is 26.7 Å². The van der Waals surface area contributed by atoms with E-state index in [9.17, 15) is 14.0 Å². The van der Waals surface area contributed by atoms with Gasteiger partial charge in [-0.15, -0.1) is 0 Å². The Labute approximate surface area is 130 Å². The largest absolute Gasteiger partial charge is 0.339 e. The van der Waals surface area contributed by atoms with Gasteiger partial charge in [-0.2, -0.15) is 0 Å². The fourth-order valence-electron chi connectivity index (χ4n) is 2.50. The summed E-state index contributed by atoms with van der Waals surface area (Å²) in [7, 11) is 0. The molecule has 0 saturated carbocycles. The molecular formula is C17H23FN2O2. The molecule has 1 saturated heterocycles. The first kappa shape index (κ1) is 16.5. The molecule has 1 aliphatic rings. The number of halogens is 1. The lowest BCUT2D eigenvalue weighted by atomic mass is 10.1. The summed E-state index contributed by atoms with van der Waals surface area (Å²) in [5, 5.41) is 0. The number of nitrogens with zero attached hydrogens (tertiary/aromatic N) is 2. The van der Waals surface area contributed by atoms with Gasteiger partial charge < -0.3 is 9.80 Å². The van der Waals surface area contributed by atoms with Gasteiger partial charge in [0.1, 0.15) is 5.82 Å². The minimum Gasteiger partial charge on any atom is -0.339 e. The van der Waals surface area contributed by atoms with Gasteiger partial charge >= 0.3 is 0 Å². The van der Waals surface area contributed by atoms with Crippen molar-refractivity contribution in [3.05, 3.63) is 35.6 Å². The lowest BCUT2D eigenvalue weighted by Crippen LogP contribution is -2.50. The molecular weight excluding hydrogens is 283 g/mol. The number of rotatable bonds is 4. The standard InChI is InChI=1S/C17H23FN2O2/c1-13(2)3-8-16(21)19-9-11-20(12-10-19)17(22)14-4-6-15(18)7-5-14/h4-7,13H,3,8-12H2,1-2H3. The van der Waals surface area contributed by atoms with Crippen molar-refractivity contribution in [2.24, 2.45) is 5.92 Å². The van der Waals surface area contributed by atoms with Crippen molar-refractivity contribution in [1.29, 1.82) is 0 Å². The van der Waals surface area contributed by atoms with Gasteiger partial charge in [0.2, 0.25) is 5.91 Å². The van der Waals surface area contributed by atoms with Crippen LogP contribution in [-0.2, 0) is 4.79 Å². The Kier molecular flexibility index (Phi) is 5.52. The SMILES string of the molecule is CC(C)CCC(=O)N1CCN(C(=O)c2ccc(F)cc2)CC1. The van der Waals surface area contributed by atoms with Crippen LogP contribution in [0, 0.1) is 11.7 Å². The Morgan fingerprint density at radius 3 is 2.14 bits per heavy atom.